The summed E-state index contributed by atoms with van der Waals surface area (Å²) in [5, 5.41) is -0.615. The summed E-state index contributed by atoms with van der Waals surface area (Å²) in [7, 11) is -6.78. The van der Waals surface area contributed by atoms with Gasteiger partial charge in [-0.25, -0.2) is 30.7 Å². The van der Waals surface area contributed by atoms with Crippen molar-refractivity contribution in [2.24, 2.45) is 0 Å². The standard InChI is InChI=1S/C24H33FN2O4S2/c1-18(2)33(30,31)27-23-6-4-5-16-24(23,25)22-13-11-21(12-14-22)20-9-7-19(8-10-20)15-17-26-32(3,28)29/h7-14,18,23,26-27H,4-6,15-17H2,1-3H3/t23-,24-/m0/s1. The molecule has 9 heteroatoms. The van der Waals surface area contributed by atoms with Crippen LogP contribution in [0.2, 0.25) is 0 Å². The number of rotatable bonds is 9. The van der Waals surface area contributed by atoms with Crippen LogP contribution in [0.5, 0.6) is 0 Å². The molecule has 6 nitrogen and oxygen atoms in total. The highest BCUT2D eigenvalue weighted by atomic mass is 32.2. The summed E-state index contributed by atoms with van der Waals surface area (Å²) in [6.45, 7) is 3.52. The van der Waals surface area contributed by atoms with Crippen LogP contribution in [0.1, 0.15) is 50.7 Å². The number of halogens is 1. The van der Waals surface area contributed by atoms with E-state index in [0.29, 0.717) is 31.4 Å². The van der Waals surface area contributed by atoms with E-state index in [1.54, 1.807) is 26.0 Å². The average Bonchev–Trinajstić information content (AvgIpc) is 2.75. The lowest BCUT2D eigenvalue weighted by molar-refractivity contribution is 0.0712. The quantitative estimate of drug-likeness (QED) is 0.551. The predicted molar refractivity (Wildman–Crippen MR) is 131 cm³/mol. The van der Waals surface area contributed by atoms with Gasteiger partial charge in [-0.1, -0.05) is 55.0 Å². The molecular formula is C24H33FN2O4S2. The Bertz CT molecular complexity index is 1150. The van der Waals surface area contributed by atoms with Crippen LogP contribution in [-0.4, -0.2) is 40.9 Å². The minimum absolute atomic E-state index is 0.286. The van der Waals surface area contributed by atoms with Gasteiger partial charge in [-0.2, -0.15) is 0 Å². The van der Waals surface area contributed by atoms with Crippen molar-refractivity contribution in [3.8, 4) is 11.1 Å². The SMILES string of the molecule is CC(C)S(=O)(=O)N[C@H]1CCCC[C@]1(F)c1ccc(-c2ccc(CCNS(C)(=O)=O)cc2)cc1. The molecule has 1 saturated carbocycles. The first kappa shape index (κ1) is 25.8. The molecule has 182 valence electrons. The van der Waals surface area contributed by atoms with Gasteiger partial charge in [-0.05, 0) is 61.8 Å². The van der Waals surface area contributed by atoms with Crippen molar-refractivity contribution in [2.45, 2.75) is 62.9 Å². The van der Waals surface area contributed by atoms with E-state index in [9.17, 15) is 16.8 Å². The largest absolute Gasteiger partial charge is 0.237 e. The molecule has 0 bridgehead atoms. The molecule has 0 aromatic heterocycles. The third-order valence-electron chi connectivity index (χ3n) is 6.19. The van der Waals surface area contributed by atoms with Gasteiger partial charge in [0.2, 0.25) is 20.0 Å². The zero-order valence-corrected chi connectivity index (χ0v) is 21.0. The van der Waals surface area contributed by atoms with Crippen LogP contribution in [0.3, 0.4) is 0 Å². The summed E-state index contributed by atoms with van der Waals surface area (Å²) in [6.07, 6.45) is 3.99. The fourth-order valence-electron chi connectivity index (χ4n) is 4.15. The van der Waals surface area contributed by atoms with E-state index in [1.165, 1.54) is 0 Å². The lowest BCUT2D eigenvalue weighted by Crippen LogP contribution is -2.51. The molecule has 0 saturated heterocycles. The molecule has 2 N–H and O–H groups in total. The molecule has 1 aliphatic rings. The Morgan fingerprint density at radius 1 is 0.970 bits per heavy atom. The molecule has 33 heavy (non-hydrogen) atoms. The van der Waals surface area contributed by atoms with E-state index in [4.69, 9.17) is 0 Å². The average molecular weight is 497 g/mol. The zero-order valence-electron chi connectivity index (χ0n) is 19.3. The van der Waals surface area contributed by atoms with Crippen molar-refractivity contribution >= 4 is 20.0 Å². The first-order valence-corrected chi connectivity index (χ1v) is 14.7. The Hall–Kier alpha value is -1.81. The molecule has 0 radical (unpaired) electrons. The molecular weight excluding hydrogens is 463 g/mol. The number of hydrogen-bond acceptors (Lipinski definition) is 4. The third kappa shape index (κ3) is 6.62. The molecule has 0 aliphatic heterocycles. The maximum Gasteiger partial charge on any atom is 0.214 e. The number of nitrogens with one attached hydrogen (secondary N) is 2. The molecule has 0 spiro atoms. The van der Waals surface area contributed by atoms with E-state index in [1.807, 2.05) is 36.4 Å². The molecule has 0 unspecified atom stereocenters. The fourth-order valence-corrected chi connectivity index (χ4v) is 5.60. The molecule has 2 atom stereocenters. The second kappa shape index (κ2) is 10.2. The normalized spacial score (nSPS) is 21.9. The second-order valence-corrected chi connectivity index (χ2v) is 13.2. The van der Waals surface area contributed by atoms with Crippen LogP contribution in [0.4, 0.5) is 4.39 Å². The minimum Gasteiger partial charge on any atom is -0.237 e. The molecule has 3 rings (SSSR count). The summed E-state index contributed by atoms with van der Waals surface area (Å²) < 4.78 is 68.4. The summed E-state index contributed by atoms with van der Waals surface area (Å²) in [6, 6.07) is 14.3. The van der Waals surface area contributed by atoms with Crippen molar-refractivity contribution in [3.63, 3.8) is 0 Å². The van der Waals surface area contributed by atoms with Crippen molar-refractivity contribution < 1.29 is 21.2 Å². The highest BCUT2D eigenvalue weighted by Crippen LogP contribution is 2.42. The maximum atomic E-state index is 16.2. The molecule has 2 aromatic carbocycles. The minimum atomic E-state index is -3.58. The highest BCUT2D eigenvalue weighted by molar-refractivity contribution is 7.90. The van der Waals surface area contributed by atoms with Gasteiger partial charge in [0.25, 0.3) is 0 Å². The number of hydrogen-bond donors (Lipinski definition) is 2. The Morgan fingerprint density at radius 2 is 1.55 bits per heavy atom. The lowest BCUT2D eigenvalue weighted by atomic mass is 9.77. The van der Waals surface area contributed by atoms with Gasteiger partial charge in [0.05, 0.1) is 17.5 Å². The van der Waals surface area contributed by atoms with Crippen molar-refractivity contribution in [1.29, 1.82) is 0 Å². The Kier molecular flexibility index (Phi) is 7.99. The van der Waals surface area contributed by atoms with Crippen LogP contribution in [0.15, 0.2) is 48.5 Å². The van der Waals surface area contributed by atoms with Gasteiger partial charge in [-0.15, -0.1) is 0 Å². The van der Waals surface area contributed by atoms with E-state index < -0.39 is 37.0 Å². The van der Waals surface area contributed by atoms with Gasteiger partial charge in [0.15, 0.2) is 5.67 Å². The first-order valence-electron chi connectivity index (χ1n) is 11.3. The monoisotopic (exact) mass is 496 g/mol. The smallest absolute Gasteiger partial charge is 0.214 e. The number of alkyl halides is 1. The van der Waals surface area contributed by atoms with E-state index in [2.05, 4.69) is 9.44 Å². The van der Waals surface area contributed by atoms with E-state index in [0.717, 1.165) is 29.4 Å². The second-order valence-electron chi connectivity index (χ2n) is 9.06. The molecule has 1 fully saturated rings. The van der Waals surface area contributed by atoms with Crippen LogP contribution >= 0.6 is 0 Å². The summed E-state index contributed by atoms with van der Waals surface area (Å²) in [4.78, 5) is 0. The van der Waals surface area contributed by atoms with Crippen molar-refractivity contribution in [2.75, 3.05) is 12.8 Å². The van der Waals surface area contributed by atoms with Gasteiger partial charge < -0.3 is 0 Å². The number of sulfonamides is 2. The molecule has 0 amide bonds. The van der Waals surface area contributed by atoms with E-state index in [-0.39, 0.29) is 6.42 Å². The molecule has 1 aliphatic carbocycles. The van der Waals surface area contributed by atoms with Crippen LogP contribution in [0.25, 0.3) is 11.1 Å². The topological polar surface area (TPSA) is 92.3 Å². The lowest BCUT2D eigenvalue weighted by Gasteiger charge is -2.38. The maximum absolute atomic E-state index is 16.2. The van der Waals surface area contributed by atoms with Crippen LogP contribution in [0, 0.1) is 0 Å². The Labute approximate surface area is 197 Å². The van der Waals surface area contributed by atoms with Crippen molar-refractivity contribution in [1.82, 2.24) is 9.44 Å². The molecule has 2 aromatic rings. The number of benzene rings is 2. The van der Waals surface area contributed by atoms with Crippen LogP contribution < -0.4 is 9.44 Å². The van der Waals surface area contributed by atoms with Gasteiger partial charge >= 0.3 is 0 Å². The zero-order chi connectivity index (χ0) is 24.3. The summed E-state index contributed by atoms with van der Waals surface area (Å²) in [5.74, 6) is 0. The van der Waals surface area contributed by atoms with Gasteiger partial charge in [0, 0.05) is 6.54 Å². The molecule has 0 heterocycles. The summed E-state index contributed by atoms with van der Waals surface area (Å²) in [5.41, 5.74) is 1.66. The van der Waals surface area contributed by atoms with E-state index >= 15 is 4.39 Å². The third-order valence-corrected chi connectivity index (χ3v) is 8.78. The fraction of sp³-hybridized carbons (Fsp3) is 0.500. The van der Waals surface area contributed by atoms with Gasteiger partial charge in [-0.3, -0.25) is 0 Å². The predicted octanol–water partition coefficient (Wildman–Crippen LogP) is 3.88. The Balaban J connectivity index is 1.74. The highest BCUT2D eigenvalue weighted by Gasteiger charge is 2.44. The first-order chi connectivity index (χ1) is 15.4. The Morgan fingerprint density at radius 3 is 2.09 bits per heavy atom. The van der Waals surface area contributed by atoms with Crippen molar-refractivity contribution in [3.05, 3.63) is 59.7 Å². The summed E-state index contributed by atoms with van der Waals surface area (Å²) >= 11 is 0. The van der Waals surface area contributed by atoms with Gasteiger partial charge in [0.1, 0.15) is 0 Å². The van der Waals surface area contributed by atoms with Crippen LogP contribution in [-0.2, 0) is 32.1 Å².